The number of aromatic nitrogens is 1. The average molecular weight is 447 g/mol. The smallest absolute Gasteiger partial charge is 0.326 e. The van der Waals surface area contributed by atoms with E-state index in [1.54, 1.807) is 11.1 Å². The maximum Gasteiger partial charge on any atom is 0.326 e. The van der Waals surface area contributed by atoms with Crippen LogP contribution in [0.3, 0.4) is 0 Å². The van der Waals surface area contributed by atoms with Gasteiger partial charge in [-0.2, -0.15) is 0 Å². The standard InChI is InChI=1S/C22H24ClFN4O3/c23-18-9-8-17(13-19(18)24)31-14-21(29)26-15-4-6-16(7-5-15)27-11-12-28(22(27)30)20-3-1-2-10-25-20/h1-3,8-10,13,15-16H,4-7,11-12,14H2,(H,26,29)/t15-,16-. The van der Waals surface area contributed by atoms with Crippen LogP contribution < -0.4 is 15.0 Å². The molecule has 0 radical (unpaired) electrons. The van der Waals surface area contributed by atoms with E-state index in [0.717, 1.165) is 31.7 Å². The Morgan fingerprint density at radius 1 is 1.19 bits per heavy atom. The number of hydrogen-bond acceptors (Lipinski definition) is 4. The summed E-state index contributed by atoms with van der Waals surface area (Å²) in [6.45, 7) is 1.13. The summed E-state index contributed by atoms with van der Waals surface area (Å²) in [6, 6.07) is 9.81. The molecule has 1 aliphatic heterocycles. The fourth-order valence-corrected chi connectivity index (χ4v) is 4.25. The van der Waals surface area contributed by atoms with Gasteiger partial charge in [0.15, 0.2) is 6.61 Å². The lowest BCUT2D eigenvalue weighted by Gasteiger charge is -2.34. The van der Waals surface area contributed by atoms with Crippen molar-refractivity contribution in [2.45, 2.75) is 37.8 Å². The summed E-state index contributed by atoms with van der Waals surface area (Å²) in [6.07, 6.45) is 4.93. The lowest BCUT2D eigenvalue weighted by Crippen LogP contribution is -2.46. The van der Waals surface area contributed by atoms with Gasteiger partial charge in [0, 0.05) is 37.4 Å². The van der Waals surface area contributed by atoms with Crippen LogP contribution in [-0.4, -0.2) is 53.6 Å². The van der Waals surface area contributed by atoms with Crippen LogP contribution in [0.5, 0.6) is 5.75 Å². The van der Waals surface area contributed by atoms with Gasteiger partial charge in [0.1, 0.15) is 17.4 Å². The molecule has 2 aliphatic rings. The maximum atomic E-state index is 13.4. The summed E-state index contributed by atoms with van der Waals surface area (Å²) in [7, 11) is 0. The fourth-order valence-electron chi connectivity index (χ4n) is 4.14. The van der Waals surface area contributed by atoms with Crippen molar-refractivity contribution in [1.29, 1.82) is 0 Å². The predicted octanol–water partition coefficient (Wildman–Crippen LogP) is 3.62. The Balaban J connectivity index is 1.22. The lowest BCUT2D eigenvalue weighted by atomic mass is 9.90. The molecule has 1 saturated heterocycles. The number of nitrogens with one attached hydrogen (secondary N) is 1. The summed E-state index contributed by atoms with van der Waals surface area (Å²) in [5.74, 6) is 0.0932. The maximum absolute atomic E-state index is 13.4. The van der Waals surface area contributed by atoms with Gasteiger partial charge in [-0.1, -0.05) is 17.7 Å². The van der Waals surface area contributed by atoms with Crippen molar-refractivity contribution in [2.24, 2.45) is 0 Å². The Morgan fingerprint density at radius 2 is 2.00 bits per heavy atom. The van der Waals surface area contributed by atoms with Crippen LogP contribution in [0.1, 0.15) is 25.7 Å². The number of amides is 3. The normalized spacial score (nSPS) is 21.3. The zero-order chi connectivity index (χ0) is 21.8. The summed E-state index contributed by atoms with van der Waals surface area (Å²) < 4.78 is 18.8. The minimum atomic E-state index is -0.587. The van der Waals surface area contributed by atoms with Crippen LogP contribution in [-0.2, 0) is 4.79 Å². The summed E-state index contributed by atoms with van der Waals surface area (Å²) in [5, 5.41) is 2.97. The quantitative estimate of drug-likeness (QED) is 0.735. The van der Waals surface area contributed by atoms with E-state index in [0.29, 0.717) is 18.9 Å². The average Bonchev–Trinajstić information content (AvgIpc) is 3.17. The van der Waals surface area contributed by atoms with E-state index in [9.17, 15) is 14.0 Å². The fraction of sp³-hybridized carbons (Fsp3) is 0.409. The second kappa shape index (κ2) is 9.51. The molecule has 1 N–H and O–H groups in total. The monoisotopic (exact) mass is 446 g/mol. The van der Waals surface area contributed by atoms with Gasteiger partial charge < -0.3 is 15.0 Å². The highest BCUT2D eigenvalue weighted by Crippen LogP contribution is 2.28. The molecule has 2 aromatic rings. The molecule has 4 rings (SSSR count). The number of carbonyl (C=O) groups is 2. The van der Waals surface area contributed by atoms with Crippen molar-refractivity contribution in [3.05, 3.63) is 53.4 Å². The zero-order valence-electron chi connectivity index (χ0n) is 17.0. The van der Waals surface area contributed by atoms with Crippen LogP contribution in [0, 0.1) is 5.82 Å². The molecule has 164 valence electrons. The van der Waals surface area contributed by atoms with Crippen LogP contribution in [0.25, 0.3) is 0 Å². The van der Waals surface area contributed by atoms with Gasteiger partial charge in [0.25, 0.3) is 5.91 Å². The van der Waals surface area contributed by atoms with Crippen LogP contribution in [0.4, 0.5) is 15.0 Å². The van der Waals surface area contributed by atoms with Gasteiger partial charge in [0.2, 0.25) is 0 Å². The van der Waals surface area contributed by atoms with Crippen LogP contribution in [0.15, 0.2) is 42.6 Å². The van der Waals surface area contributed by atoms with E-state index < -0.39 is 5.82 Å². The predicted molar refractivity (Wildman–Crippen MR) is 115 cm³/mol. The summed E-state index contributed by atoms with van der Waals surface area (Å²) >= 11 is 5.64. The highest BCUT2D eigenvalue weighted by atomic mass is 35.5. The van der Waals surface area contributed by atoms with Gasteiger partial charge >= 0.3 is 6.03 Å². The largest absolute Gasteiger partial charge is 0.484 e. The van der Waals surface area contributed by atoms with Crippen molar-refractivity contribution in [1.82, 2.24) is 15.2 Å². The first-order valence-electron chi connectivity index (χ1n) is 10.4. The molecule has 1 aromatic carbocycles. The minimum absolute atomic E-state index is 0.00483. The minimum Gasteiger partial charge on any atom is -0.484 e. The number of halogens is 2. The Hall–Kier alpha value is -2.87. The molecular formula is C22H24ClFN4O3. The van der Waals surface area contributed by atoms with Gasteiger partial charge in [-0.15, -0.1) is 0 Å². The molecule has 2 heterocycles. The van der Waals surface area contributed by atoms with Crippen molar-refractivity contribution < 1.29 is 18.7 Å². The van der Waals surface area contributed by atoms with E-state index in [-0.39, 0.29) is 41.4 Å². The first kappa shape index (κ1) is 21.4. The molecular weight excluding hydrogens is 423 g/mol. The molecule has 0 unspecified atom stereocenters. The van der Waals surface area contributed by atoms with E-state index in [4.69, 9.17) is 16.3 Å². The molecule has 3 amide bonds. The summed E-state index contributed by atoms with van der Waals surface area (Å²) in [4.78, 5) is 32.9. The van der Waals surface area contributed by atoms with Crippen molar-refractivity contribution in [3.63, 3.8) is 0 Å². The number of carbonyl (C=O) groups excluding carboxylic acids is 2. The molecule has 0 spiro atoms. The number of hydrogen-bond donors (Lipinski definition) is 1. The van der Waals surface area contributed by atoms with E-state index >= 15 is 0 Å². The van der Waals surface area contributed by atoms with Crippen LogP contribution in [0.2, 0.25) is 5.02 Å². The first-order chi connectivity index (χ1) is 15.0. The van der Waals surface area contributed by atoms with Gasteiger partial charge in [-0.3, -0.25) is 9.69 Å². The molecule has 1 aliphatic carbocycles. The van der Waals surface area contributed by atoms with E-state index in [2.05, 4.69) is 10.3 Å². The third-order valence-electron chi connectivity index (χ3n) is 5.73. The topological polar surface area (TPSA) is 74.8 Å². The van der Waals surface area contributed by atoms with Crippen molar-refractivity contribution in [3.8, 4) is 5.75 Å². The molecule has 0 bridgehead atoms. The Bertz CT molecular complexity index is 938. The molecule has 9 heteroatoms. The second-order valence-electron chi connectivity index (χ2n) is 7.75. The van der Waals surface area contributed by atoms with Gasteiger partial charge in [-0.05, 0) is 49.9 Å². The first-order valence-corrected chi connectivity index (χ1v) is 10.8. The SMILES string of the molecule is O=C(COc1ccc(Cl)c(F)c1)N[C@H]1CC[C@H](N2CCN(c3ccccn3)C2=O)CC1. The van der Waals surface area contributed by atoms with Crippen molar-refractivity contribution in [2.75, 3.05) is 24.6 Å². The number of anilines is 1. The highest BCUT2D eigenvalue weighted by molar-refractivity contribution is 6.30. The number of nitrogens with zero attached hydrogens (tertiary/aromatic N) is 3. The van der Waals surface area contributed by atoms with Crippen molar-refractivity contribution >= 4 is 29.4 Å². The number of ether oxygens (including phenoxy) is 1. The van der Waals surface area contributed by atoms with Gasteiger partial charge in [-0.25, -0.2) is 14.2 Å². The zero-order valence-corrected chi connectivity index (χ0v) is 17.7. The van der Waals surface area contributed by atoms with Crippen LogP contribution >= 0.6 is 11.6 Å². The van der Waals surface area contributed by atoms with E-state index in [1.807, 2.05) is 23.1 Å². The molecule has 1 saturated carbocycles. The second-order valence-corrected chi connectivity index (χ2v) is 8.16. The number of urea groups is 1. The third-order valence-corrected chi connectivity index (χ3v) is 6.04. The molecule has 31 heavy (non-hydrogen) atoms. The Morgan fingerprint density at radius 3 is 2.71 bits per heavy atom. The number of rotatable bonds is 6. The van der Waals surface area contributed by atoms with E-state index in [1.165, 1.54) is 12.1 Å². The Kier molecular flexibility index (Phi) is 6.56. The third kappa shape index (κ3) is 5.07. The molecule has 7 nitrogen and oxygen atoms in total. The molecule has 0 atom stereocenters. The number of pyridine rings is 1. The van der Waals surface area contributed by atoms with Gasteiger partial charge in [0.05, 0.1) is 5.02 Å². The highest BCUT2D eigenvalue weighted by Gasteiger charge is 2.36. The molecule has 1 aromatic heterocycles. The summed E-state index contributed by atoms with van der Waals surface area (Å²) in [5.41, 5.74) is 0. The Labute approximate surface area is 185 Å². The molecule has 2 fully saturated rings. The number of benzene rings is 1. The lowest BCUT2D eigenvalue weighted by molar-refractivity contribution is -0.124.